The molecule has 0 atom stereocenters. The third kappa shape index (κ3) is 2.21. The van der Waals surface area contributed by atoms with E-state index in [9.17, 15) is 8.42 Å². The van der Waals surface area contributed by atoms with Gasteiger partial charge in [-0.25, -0.2) is 4.72 Å². The predicted molar refractivity (Wildman–Crippen MR) is 46.6 cm³/mol. The number of hydrogen-bond acceptors (Lipinski definition) is 2. The molecule has 1 heterocycles. The van der Waals surface area contributed by atoms with Gasteiger partial charge < -0.3 is 0 Å². The lowest BCUT2D eigenvalue weighted by atomic mass is 10.4. The molecule has 1 aliphatic heterocycles. The van der Waals surface area contributed by atoms with Crippen molar-refractivity contribution in [2.75, 3.05) is 19.6 Å². The fraction of sp³-hybridized carbons (Fsp3) is 0.714. The van der Waals surface area contributed by atoms with Crippen LogP contribution in [0.5, 0.6) is 0 Å². The van der Waals surface area contributed by atoms with Crippen LogP contribution in [0.1, 0.15) is 12.8 Å². The van der Waals surface area contributed by atoms with E-state index in [4.69, 9.17) is 6.42 Å². The van der Waals surface area contributed by atoms with E-state index in [1.807, 2.05) is 0 Å². The highest BCUT2D eigenvalue weighted by Crippen LogP contribution is 2.05. The van der Waals surface area contributed by atoms with Gasteiger partial charge in [-0.05, 0) is 6.42 Å². The minimum Gasteiger partial charge on any atom is -0.202 e. The van der Waals surface area contributed by atoms with Gasteiger partial charge in [0.15, 0.2) is 0 Å². The van der Waals surface area contributed by atoms with Crippen LogP contribution < -0.4 is 4.72 Å². The molecule has 0 aromatic carbocycles. The van der Waals surface area contributed by atoms with E-state index in [0.717, 1.165) is 6.42 Å². The van der Waals surface area contributed by atoms with Crippen molar-refractivity contribution in [2.45, 2.75) is 12.8 Å². The van der Waals surface area contributed by atoms with E-state index in [1.165, 1.54) is 4.31 Å². The summed E-state index contributed by atoms with van der Waals surface area (Å²) in [5.41, 5.74) is 0. The van der Waals surface area contributed by atoms with Crippen molar-refractivity contribution in [2.24, 2.45) is 0 Å². The Kier molecular flexibility index (Phi) is 3.09. The highest BCUT2D eigenvalue weighted by atomic mass is 32.2. The second-order valence-corrected chi connectivity index (χ2v) is 4.36. The van der Waals surface area contributed by atoms with Gasteiger partial charge in [-0.3, -0.25) is 0 Å². The summed E-state index contributed by atoms with van der Waals surface area (Å²) in [5.74, 6) is 2.42. The Labute approximate surface area is 73.1 Å². The molecule has 4 nitrogen and oxygen atoms in total. The summed E-state index contributed by atoms with van der Waals surface area (Å²) in [4.78, 5) is 0. The zero-order valence-electron chi connectivity index (χ0n) is 6.78. The first-order valence-corrected chi connectivity index (χ1v) is 5.29. The van der Waals surface area contributed by atoms with E-state index in [0.29, 0.717) is 26.1 Å². The zero-order chi connectivity index (χ0) is 9.03. The molecule has 1 N–H and O–H groups in total. The number of nitrogens with one attached hydrogen (secondary N) is 1. The molecule has 0 aromatic rings. The van der Waals surface area contributed by atoms with E-state index in [2.05, 4.69) is 10.6 Å². The number of nitrogens with zero attached hydrogens (tertiary/aromatic N) is 1. The fourth-order valence-corrected chi connectivity index (χ4v) is 2.38. The SMILES string of the molecule is C#CCCN1CCCNS1(=O)=O. The zero-order valence-corrected chi connectivity index (χ0v) is 7.60. The molecule has 1 aliphatic rings. The van der Waals surface area contributed by atoms with Crippen molar-refractivity contribution in [3.63, 3.8) is 0 Å². The van der Waals surface area contributed by atoms with Crippen molar-refractivity contribution in [3.05, 3.63) is 0 Å². The number of hydrogen-bond donors (Lipinski definition) is 1. The first-order chi connectivity index (χ1) is 5.67. The molecule has 0 amide bonds. The maximum absolute atomic E-state index is 11.2. The Morgan fingerprint density at radius 1 is 1.58 bits per heavy atom. The normalized spacial score (nSPS) is 23.2. The highest BCUT2D eigenvalue weighted by molar-refractivity contribution is 7.87. The van der Waals surface area contributed by atoms with Crippen LogP contribution in [0, 0.1) is 12.3 Å². The van der Waals surface area contributed by atoms with Gasteiger partial charge in [0, 0.05) is 26.1 Å². The average molecular weight is 188 g/mol. The monoisotopic (exact) mass is 188 g/mol. The molecule has 68 valence electrons. The van der Waals surface area contributed by atoms with Crippen LogP contribution in [0.25, 0.3) is 0 Å². The molecular formula is C7H12N2O2S. The average Bonchev–Trinajstić information content (AvgIpc) is 2.02. The standard InChI is InChI=1S/C7H12N2O2S/c1-2-3-6-9-7-4-5-8-12(9,10)11/h1,8H,3-7H2. The Morgan fingerprint density at radius 3 is 2.92 bits per heavy atom. The van der Waals surface area contributed by atoms with Gasteiger partial charge in [0.25, 0.3) is 10.2 Å². The van der Waals surface area contributed by atoms with E-state index < -0.39 is 10.2 Å². The van der Waals surface area contributed by atoms with Crippen LogP contribution in [0.4, 0.5) is 0 Å². The van der Waals surface area contributed by atoms with Crippen LogP contribution in [0.3, 0.4) is 0 Å². The van der Waals surface area contributed by atoms with Crippen molar-refractivity contribution in [3.8, 4) is 12.3 Å². The topological polar surface area (TPSA) is 49.4 Å². The lowest BCUT2D eigenvalue weighted by Gasteiger charge is -2.25. The highest BCUT2D eigenvalue weighted by Gasteiger charge is 2.23. The van der Waals surface area contributed by atoms with Crippen LogP contribution in [0.15, 0.2) is 0 Å². The summed E-state index contributed by atoms with van der Waals surface area (Å²) < 4.78 is 26.3. The van der Waals surface area contributed by atoms with Crippen molar-refractivity contribution in [1.82, 2.24) is 9.03 Å². The minimum absolute atomic E-state index is 0.422. The Morgan fingerprint density at radius 2 is 2.33 bits per heavy atom. The number of rotatable bonds is 2. The first kappa shape index (κ1) is 9.52. The van der Waals surface area contributed by atoms with Gasteiger partial charge >= 0.3 is 0 Å². The summed E-state index contributed by atoms with van der Waals surface area (Å²) in [6.07, 6.45) is 6.37. The summed E-state index contributed by atoms with van der Waals surface area (Å²) in [6.45, 7) is 1.54. The molecule has 5 heteroatoms. The summed E-state index contributed by atoms with van der Waals surface area (Å²) in [5, 5.41) is 0. The lowest BCUT2D eigenvalue weighted by molar-refractivity contribution is 0.381. The molecule has 0 aromatic heterocycles. The fourth-order valence-electron chi connectivity index (χ4n) is 1.09. The molecule has 0 bridgehead atoms. The third-order valence-electron chi connectivity index (χ3n) is 1.71. The summed E-state index contributed by atoms with van der Waals surface area (Å²) in [7, 11) is -3.21. The van der Waals surface area contributed by atoms with Gasteiger partial charge in [0.05, 0.1) is 0 Å². The summed E-state index contributed by atoms with van der Waals surface area (Å²) >= 11 is 0. The Balaban J connectivity index is 2.56. The molecule has 0 saturated carbocycles. The lowest BCUT2D eigenvalue weighted by Crippen LogP contribution is -2.47. The van der Waals surface area contributed by atoms with E-state index in [-0.39, 0.29) is 0 Å². The van der Waals surface area contributed by atoms with E-state index >= 15 is 0 Å². The van der Waals surface area contributed by atoms with Crippen LogP contribution in [-0.2, 0) is 10.2 Å². The Hall–Kier alpha value is -0.570. The maximum atomic E-state index is 11.2. The molecule has 1 saturated heterocycles. The molecule has 0 aliphatic carbocycles. The van der Waals surface area contributed by atoms with Gasteiger partial charge in [0.1, 0.15) is 0 Å². The van der Waals surface area contributed by atoms with E-state index in [1.54, 1.807) is 0 Å². The largest absolute Gasteiger partial charge is 0.279 e. The first-order valence-electron chi connectivity index (χ1n) is 3.85. The Bertz CT molecular complexity index is 278. The van der Waals surface area contributed by atoms with Crippen LogP contribution in [0.2, 0.25) is 0 Å². The third-order valence-corrected chi connectivity index (χ3v) is 3.33. The second-order valence-electron chi connectivity index (χ2n) is 2.61. The van der Waals surface area contributed by atoms with Crippen molar-refractivity contribution in [1.29, 1.82) is 0 Å². The molecule has 0 spiro atoms. The minimum atomic E-state index is -3.21. The smallest absolute Gasteiger partial charge is 0.202 e. The maximum Gasteiger partial charge on any atom is 0.279 e. The van der Waals surface area contributed by atoms with Crippen molar-refractivity contribution < 1.29 is 8.42 Å². The van der Waals surface area contributed by atoms with Gasteiger partial charge in [-0.1, -0.05) is 0 Å². The van der Waals surface area contributed by atoms with Gasteiger partial charge in [-0.15, -0.1) is 12.3 Å². The number of terminal acetylenes is 1. The van der Waals surface area contributed by atoms with Gasteiger partial charge in [0.2, 0.25) is 0 Å². The molecule has 0 unspecified atom stereocenters. The van der Waals surface area contributed by atoms with Crippen LogP contribution >= 0.6 is 0 Å². The summed E-state index contributed by atoms with van der Waals surface area (Å²) in [6, 6.07) is 0. The van der Waals surface area contributed by atoms with Gasteiger partial charge in [-0.2, -0.15) is 12.7 Å². The predicted octanol–water partition coefficient (Wildman–Crippen LogP) is -0.450. The van der Waals surface area contributed by atoms with Crippen molar-refractivity contribution >= 4 is 10.2 Å². The molecule has 0 radical (unpaired) electrons. The second kappa shape index (κ2) is 3.90. The molecule has 12 heavy (non-hydrogen) atoms. The van der Waals surface area contributed by atoms with Crippen LogP contribution in [-0.4, -0.2) is 32.4 Å². The molecular weight excluding hydrogens is 176 g/mol. The quantitative estimate of drug-likeness (QED) is 0.597. The molecule has 1 rings (SSSR count). The molecule has 1 fully saturated rings.